The Hall–Kier alpha value is -0.570. The van der Waals surface area contributed by atoms with Gasteiger partial charge >= 0.3 is 5.97 Å². The van der Waals surface area contributed by atoms with Crippen molar-refractivity contribution in [3.8, 4) is 0 Å². The number of aliphatic hydroxyl groups excluding tert-OH is 1. The lowest BCUT2D eigenvalue weighted by molar-refractivity contribution is -0.144. The fraction of sp³-hybridized carbons (Fsp3) is 0.917. The van der Waals surface area contributed by atoms with E-state index in [1.807, 2.05) is 6.92 Å². The number of esters is 1. The summed E-state index contributed by atoms with van der Waals surface area (Å²) in [6, 6.07) is 0. The van der Waals surface area contributed by atoms with Gasteiger partial charge in [0.05, 0.1) is 12.7 Å². The van der Waals surface area contributed by atoms with Crippen molar-refractivity contribution >= 4 is 5.97 Å². The molecule has 2 atom stereocenters. The summed E-state index contributed by atoms with van der Waals surface area (Å²) >= 11 is 0. The van der Waals surface area contributed by atoms with E-state index in [2.05, 4.69) is 13.8 Å². The van der Waals surface area contributed by atoms with E-state index in [1.165, 1.54) is 0 Å². The smallest absolute Gasteiger partial charge is 0.306 e. The van der Waals surface area contributed by atoms with Crippen LogP contribution in [0.4, 0.5) is 0 Å². The molecule has 0 aromatic rings. The molecule has 0 fully saturated rings. The number of hydrogen-bond donors (Lipinski definition) is 1. The van der Waals surface area contributed by atoms with Gasteiger partial charge in [-0.25, -0.2) is 0 Å². The number of carbonyl (C=O) groups excluding carboxylic acids is 1. The summed E-state index contributed by atoms with van der Waals surface area (Å²) in [7, 11) is 0. The van der Waals surface area contributed by atoms with Crippen LogP contribution in [0.15, 0.2) is 0 Å². The summed E-state index contributed by atoms with van der Waals surface area (Å²) in [6.07, 6.45) is 1.59. The molecule has 3 nitrogen and oxygen atoms in total. The maximum absolute atomic E-state index is 11.2. The highest BCUT2D eigenvalue weighted by atomic mass is 16.5. The first-order valence-electron chi connectivity index (χ1n) is 5.79. The van der Waals surface area contributed by atoms with Crippen molar-refractivity contribution in [2.24, 2.45) is 11.8 Å². The van der Waals surface area contributed by atoms with Crippen molar-refractivity contribution in [2.45, 2.75) is 53.1 Å². The minimum atomic E-state index is -0.297. The molecular formula is C12H24O3. The maximum atomic E-state index is 11.2. The molecule has 0 aliphatic carbocycles. The van der Waals surface area contributed by atoms with Crippen molar-refractivity contribution in [2.75, 3.05) is 6.61 Å². The lowest BCUT2D eigenvalue weighted by Gasteiger charge is -2.17. The zero-order valence-electron chi connectivity index (χ0n) is 10.3. The zero-order valence-corrected chi connectivity index (χ0v) is 10.3. The molecule has 0 saturated heterocycles. The average molecular weight is 216 g/mol. The molecule has 3 heteroatoms. The highest BCUT2D eigenvalue weighted by Gasteiger charge is 2.15. The SMILES string of the molecule is CCOC(=O)C[C@@H](C)C[C@@H](O)CC(C)C. The van der Waals surface area contributed by atoms with Gasteiger partial charge in [0.15, 0.2) is 0 Å². The number of hydrogen-bond acceptors (Lipinski definition) is 3. The summed E-state index contributed by atoms with van der Waals surface area (Å²) in [4.78, 5) is 11.2. The van der Waals surface area contributed by atoms with E-state index < -0.39 is 0 Å². The van der Waals surface area contributed by atoms with Gasteiger partial charge in [-0.05, 0) is 31.6 Å². The van der Waals surface area contributed by atoms with Crippen LogP contribution in [0.1, 0.15) is 47.0 Å². The van der Waals surface area contributed by atoms with Crippen molar-refractivity contribution in [3.63, 3.8) is 0 Å². The Morgan fingerprint density at radius 2 is 1.87 bits per heavy atom. The Morgan fingerprint density at radius 3 is 2.33 bits per heavy atom. The summed E-state index contributed by atoms with van der Waals surface area (Å²) in [5, 5.41) is 9.68. The quantitative estimate of drug-likeness (QED) is 0.665. The van der Waals surface area contributed by atoms with Crippen LogP contribution in [0.2, 0.25) is 0 Å². The Balaban J connectivity index is 3.72. The van der Waals surface area contributed by atoms with Crippen LogP contribution in [-0.4, -0.2) is 23.8 Å². The Bertz CT molecular complexity index is 178. The second-order valence-corrected chi connectivity index (χ2v) is 4.63. The fourth-order valence-corrected chi connectivity index (χ4v) is 1.69. The van der Waals surface area contributed by atoms with Gasteiger partial charge in [-0.2, -0.15) is 0 Å². The van der Waals surface area contributed by atoms with Crippen LogP contribution in [-0.2, 0) is 9.53 Å². The summed E-state index contributed by atoms with van der Waals surface area (Å²) < 4.78 is 4.85. The predicted octanol–water partition coefficient (Wildman–Crippen LogP) is 2.37. The van der Waals surface area contributed by atoms with Gasteiger partial charge < -0.3 is 9.84 Å². The molecule has 0 aliphatic heterocycles. The van der Waals surface area contributed by atoms with Crippen molar-refractivity contribution < 1.29 is 14.6 Å². The van der Waals surface area contributed by atoms with Gasteiger partial charge in [-0.3, -0.25) is 4.79 Å². The van der Waals surface area contributed by atoms with Crippen molar-refractivity contribution in [1.29, 1.82) is 0 Å². The molecule has 0 saturated carbocycles. The molecule has 15 heavy (non-hydrogen) atoms. The molecule has 0 heterocycles. The molecule has 0 rings (SSSR count). The summed E-state index contributed by atoms with van der Waals surface area (Å²) in [5.41, 5.74) is 0. The highest BCUT2D eigenvalue weighted by molar-refractivity contribution is 5.69. The van der Waals surface area contributed by atoms with Crippen LogP contribution in [0.3, 0.4) is 0 Å². The van der Waals surface area contributed by atoms with Crippen LogP contribution in [0.25, 0.3) is 0 Å². The molecule has 0 spiro atoms. The van der Waals surface area contributed by atoms with E-state index in [1.54, 1.807) is 6.92 Å². The maximum Gasteiger partial charge on any atom is 0.306 e. The molecule has 0 radical (unpaired) electrons. The third-order valence-corrected chi connectivity index (χ3v) is 2.24. The van der Waals surface area contributed by atoms with Crippen molar-refractivity contribution in [1.82, 2.24) is 0 Å². The van der Waals surface area contributed by atoms with Crippen LogP contribution >= 0.6 is 0 Å². The van der Waals surface area contributed by atoms with E-state index in [0.29, 0.717) is 25.4 Å². The van der Waals surface area contributed by atoms with Gasteiger partial charge in [0.1, 0.15) is 0 Å². The van der Waals surface area contributed by atoms with Gasteiger partial charge in [0, 0.05) is 6.42 Å². The second kappa shape index (κ2) is 7.69. The largest absolute Gasteiger partial charge is 0.466 e. The topological polar surface area (TPSA) is 46.5 Å². The van der Waals surface area contributed by atoms with Crippen LogP contribution in [0, 0.1) is 11.8 Å². The molecular weight excluding hydrogens is 192 g/mol. The molecule has 0 bridgehead atoms. The molecule has 1 N–H and O–H groups in total. The van der Waals surface area contributed by atoms with Gasteiger partial charge in [-0.15, -0.1) is 0 Å². The lowest BCUT2D eigenvalue weighted by atomic mass is 9.95. The molecule has 0 aromatic heterocycles. The summed E-state index contributed by atoms with van der Waals surface area (Å²) in [5.74, 6) is 0.523. The van der Waals surface area contributed by atoms with E-state index >= 15 is 0 Å². The first-order valence-corrected chi connectivity index (χ1v) is 5.79. The predicted molar refractivity (Wildman–Crippen MR) is 60.5 cm³/mol. The normalized spacial score (nSPS) is 15.1. The zero-order chi connectivity index (χ0) is 11.8. The molecule has 0 aromatic carbocycles. The minimum absolute atomic E-state index is 0.165. The van der Waals surface area contributed by atoms with Crippen molar-refractivity contribution in [3.05, 3.63) is 0 Å². The lowest BCUT2D eigenvalue weighted by Crippen LogP contribution is -2.17. The Labute approximate surface area is 92.8 Å². The third-order valence-electron chi connectivity index (χ3n) is 2.24. The van der Waals surface area contributed by atoms with Crippen LogP contribution < -0.4 is 0 Å². The molecule has 90 valence electrons. The summed E-state index contributed by atoms with van der Waals surface area (Å²) in [6.45, 7) is 8.37. The van der Waals surface area contributed by atoms with Crippen LogP contribution in [0.5, 0.6) is 0 Å². The minimum Gasteiger partial charge on any atom is -0.466 e. The van der Waals surface area contributed by atoms with Gasteiger partial charge in [0.2, 0.25) is 0 Å². The fourth-order valence-electron chi connectivity index (χ4n) is 1.69. The first kappa shape index (κ1) is 14.4. The van der Waals surface area contributed by atoms with E-state index in [9.17, 15) is 9.90 Å². The van der Waals surface area contributed by atoms with E-state index in [4.69, 9.17) is 4.74 Å². The van der Waals surface area contributed by atoms with E-state index in [-0.39, 0.29) is 18.0 Å². The van der Waals surface area contributed by atoms with Gasteiger partial charge in [0.25, 0.3) is 0 Å². The molecule has 0 aliphatic rings. The number of aliphatic hydroxyl groups is 1. The molecule has 0 amide bonds. The Kier molecular flexibility index (Phi) is 7.39. The monoisotopic (exact) mass is 216 g/mol. The molecule has 0 unspecified atom stereocenters. The number of carbonyl (C=O) groups is 1. The average Bonchev–Trinajstić information content (AvgIpc) is 2.00. The number of rotatable bonds is 7. The standard InChI is InChI=1S/C12H24O3/c1-5-15-12(14)8-10(4)7-11(13)6-9(2)3/h9-11,13H,5-8H2,1-4H3/t10-,11-/m0/s1. The Morgan fingerprint density at radius 1 is 1.27 bits per heavy atom. The number of ether oxygens (including phenoxy) is 1. The van der Waals surface area contributed by atoms with E-state index in [0.717, 1.165) is 6.42 Å². The third kappa shape index (κ3) is 8.43. The highest BCUT2D eigenvalue weighted by Crippen LogP contribution is 2.16. The second-order valence-electron chi connectivity index (χ2n) is 4.63. The van der Waals surface area contributed by atoms with Gasteiger partial charge in [-0.1, -0.05) is 20.8 Å². The first-order chi connectivity index (χ1) is 6.95.